The van der Waals surface area contributed by atoms with Crippen molar-refractivity contribution in [3.8, 4) is 0 Å². The summed E-state index contributed by atoms with van der Waals surface area (Å²) in [6, 6.07) is 2.63. The lowest BCUT2D eigenvalue weighted by Crippen LogP contribution is -2.48. The Bertz CT molecular complexity index is 601. The number of hydrogen-bond donors (Lipinski definition) is 1. The lowest BCUT2D eigenvalue weighted by atomic mass is 10.0. The molecule has 8 heteroatoms. The Kier molecular flexibility index (Phi) is 5.31. The van der Waals surface area contributed by atoms with Gasteiger partial charge in [-0.15, -0.1) is 12.4 Å². The third-order valence-corrected chi connectivity index (χ3v) is 6.63. The van der Waals surface area contributed by atoms with Crippen LogP contribution in [0.4, 0.5) is 0 Å². The van der Waals surface area contributed by atoms with E-state index in [1.807, 2.05) is 0 Å². The van der Waals surface area contributed by atoms with Gasteiger partial charge in [-0.2, -0.15) is 4.31 Å². The molecule has 118 valence electrons. The first kappa shape index (κ1) is 17.1. The average molecular weight is 397 g/mol. The van der Waals surface area contributed by atoms with Gasteiger partial charge in [0.25, 0.3) is 0 Å². The standard InChI is InChI=1S/C13H18BrN3O2S.ClH/c1-17(12-5-10-2-3-11(6-12)16-10)20(18,19)13-4-9(14)7-15-8-13;/h4,7-8,10-12,16H,2-3,5-6H2,1H3;1H. The highest BCUT2D eigenvalue weighted by atomic mass is 79.9. The third-order valence-electron chi connectivity index (χ3n) is 4.32. The second kappa shape index (κ2) is 6.50. The van der Waals surface area contributed by atoms with Gasteiger partial charge in [-0.1, -0.05) is 0 Å². The van der Waals surface area contributed by atoms with E-state index in [9.17, 15) is 8.42 Å². The van der Waals surface area contributed by atoms with Crippen LogP contribution >= 0.6 is 28.3 Å². The Hall–Kier alpha value is -0.210. The average Bonchev–Trinajstić information content (AvgIpc) is 2.76. The van der Waals surface area contributed by atoms with Gasteiger partial charge in [0.1, 0.15) is 4.90 Å². The van der Waals surface area contributed by atoms with Gasteiger partial charge in [0.15, 0.2) is 0 Å². The Morgan fingerprint density at radius 2 is 1.90 bits per heavy atom. The van der Waals surface area contributed by atoms with E-state index in [4.69, 9.17) is 0 Å². The molecule has 0 spiro atoms. The van der Waals surface area contributed by atoms with Crippen LogP contribution in [-0.4, -0.2) is 42.9 Å². The summed E-state index contributed by atoms with van der Waals surface area (Å²) in [4.78, 5) is 4.21. The molecule has 2 saturated heterocycles. The van der Waals surface area contributed by atoms with E-state index in [1.54, 1.807) is 19.3 Å². The van der Waals surface area contributed by atoms with Gasteiger partial charge in [-0.25, -0.2) is 8.42 Å². The van der Waals surface area contributed by atoms with E-state index in [2.05, 4.69) is 26.2 Å². The molecule has 1 N–H and O–H groups in total. The number of aromatic nitrogens is 1. The molecular formula is C13H19BrClN3O2S. The molecule has 0 amide bonds. The molecule has 3 rings (SSSR count). The van der Waals surface area contributed by atoms with Gasteiger partial charge in [0.05, 0.1) is 0 Å². The number of sulfonamides is 1. The van der Waals surface area contributed by atoms with Crippen LogP contribution in [0, 0.1) is 0 Å². The first-order valence-corrected chi connectivity index (χ1v) is 9.05. The number of fused-ring (bicyclic) bond motifs is 2. The van der Waals surface area contributed by atoms with Crippen molar-refractivity contribution < 1.29 is 8.42 Å². The zero-order chi connectivity index (χ0) is 14.3. The number of rotatable bonds is 3. The molecule has 21 heavy (non-hydrogen) atoms. The molecular weight excluding hydrogens is 378 g/mol. The van der Waals surface area contributed by atoms with Gasteiger partial charge in [-0.05, 0) is 47.7 Å². The Morgan fingerprint density at radius 3 is 2.48 bits per heavy atom. The monoisotopic (exact) mass is 395 g/mol. The first-order valence-electron chi connectivity index (χ1n) is 6.81. The molecule has 2 aliphatic rings. The van der Waals surface area contributed by atoms with Crippen LogP contribution in [0.15, 0.2) is 27.8 Å². The summed E-state index contributed by atoms with van der Waals surface area (Å²) in [6.45, 7) is 0. The highest BCUT2D eigenvalue weighted by Crippen LogP contribution is 2.31. The Labute approximate surface area is 140 Å². The van der Waals surface area contributed by atoms with Gasteiger partial charge in [0.2, 0.25) is 10.0 Å². The van der Waals surface area contributed by atoms with Crippen LogP contribution in [0.3, 0.4) is 0 Å². The molecule has 2 bridgehead atoms. The van der Waals surface area contributed by atoms with Gasteiger partial charge >= 0.3 is 0 Å². The summed E-state index contributed by atoms with van der Waals surface area (Å²) in [5.41, 5.74) is 0. The summed E-state index contributed by atoms with van der Waals surface area (Å²) in [6.07, 6.45) is 7.11. The van der Waals surface area contributed by atoms with Crippen LogP contribution in [-0.2, 0) is 10.0 Å². The number of hydrogen-bond acceptors (Lipinski definition) is 4. The van der Waals surface area contributed by atoms with Crippen LogP contribution in [0.5, 0.6) is 0 Å². The second-order valence-corrected chi connectivity index (χ2v) is 8.54. The van der Waals surface area contributed by atoms with Crippen molar-refractivity contribution in [2.24, 2.45) is 0 Å². The van der Waals surface area contributed by atoms with Crippen LogP contribution in [0.2, 0.25) is 0 Å². The van der Waals surface area contributed by atoms with Crippen molar-refractivity contribution in [1.82, 2.24) is 14.6 Å². The smallest absolute Gasteiger partial charge is 0.244 e. The minimum absolute atomic E-state index is 0. The Morgan fingerprint density at radius 1 is 1.29 bits per heavy atom. The van der Waals surface area contributed by atoms with Crippen LogP contribution in [0.25, 0.3) is 0 Å². The van der Waals surface area contributed by atoms with E-state index < -0.39 is 10.0 Å². The summed E-state index contributed by atoms with van der Waals surface area (Å²) in [5, 5.41) is 3.53. The summed E-state index contributed by atoms with van der Waals surface area (Å²) in [7, 11) is -1.78. The van der Waals surface area contributed by atoms with Gasteiger partial charge in [-0.3, -0.25) is 4.98 Å². The van der Waals surface area contributed by atoms with E-state index in [1.165, 1.54) is 10.5 Å². The molecule has 1 aromatic rings. The van der Waals surface area contributed by atoms with Crippen molar-refractivity contribution in [2.45, 2.75) is 48.7 Å². The molecule has 3 heterocycles. The van der Waals surface area contributed by atoms with Crippen LogP contribution < -0.4 is 5.32 Å². The number of nitrogens with one attached hydrogen (secondary N) is 1. The van der Waals surface area contributed by atoms with Crippen molar-refractivity contribution in [3.05, 3.63) is 22.9 Å². The van der Waals surface area contributed by atoms with E-state index in [-0.39, 0.29) is 23.3 Å². The number of pyridine rings is 1. The summed E-state index contributed by atoms with van der Waals surface area (Å²) < 4.78 is 27.5. The molecule has 1 aromatic heterocycles. The minimum atomic E-state index is -3.47. The molecule has 2 fully saturated rings. The molecule has 0 radical (unpaired) electrons. The largest absolute Gasteiger partial charge is 0.311 e. The summed E-state index contributed by atoms with van der Waals surface area (Å²) in [5.74, 6) is 0. The molecule has 2 aliphatic heterocycles. The maximum atomic E-state index is 12.7. The summed E-state index contributed by atoms with van der Waals surface area (Å²) >= 11 is 3.27. The molecule has 2 atom stereocenters. The highest BCUT2D eigenvalue weighted by Gasteiger charge is 2.38. The SMILES string of the molecule is CN(C1CC2CCC(C1)N2)S(=O)(=O)c1cncc(Br)c1.Cl. The molecule has 0 aliphatic carbocycles. The number of piperidine rings is 1. The highest BCUT2D eigenvalue weighted by molar-refractivity contribution is 9.10. The first-order chi connectivity index (χ1) is 9.46. The molecule has 0 saturated carbocycles. The normalized spacial score (nSPS) is 28.4. The maximum Gasteiger partial charge on any atom is 0.244 e. The zero-order valence-corrected chi connectivity index (χ0v) is 14.9. The van der Waals surface area contributed by atoms with Gasteiger partial charge in [0, 0.05) is 42.0 Å². The van der Waals surface area contributed by atoms with Crippen molar-refractivity contribution in [2.75, 3.05) is 7.05 Å². The fourth-order valence-corrected chi connectivity index (χ4v) is 5.10. The quantitative estimate of drug-likeness (QED) is 0.850. The predicted octanol–water partition coefficient (Wildman–Crippen LogP) is 2.17. The maximum absolute atomic E-state index is 12.7. The van der Waals surface area contributed by atoms with Crippen molar-refractivity contribution in [3.63, 3.8) is 0 Å². The van der Waals surface area contributed by atoms with E-state index in [0.29, 0.717) is 16.6 Å². The fourth-order valence-electron chi connectivity index (χ4n) is 3.22. The lowest BCUT2D eigenvalue weighted by molar-refractivity contribution is 0.251. The van der Waals surface area contributed by atoms with Crippen LogP contribution in [0.1, 0.15) is 25.7 Å². The number of halogens is 2. The number of nitrogens with zero attached hydrogens (tertiary/aromatic N) is 2. The predicted molar refractivity (Wildman–Crippen MR) is 87.1 cm³/mol. The van der Waals surface area contributed by atoms with E-state index >= 15 is 0 Å². The van der Waals surface area contributed by atoms with Crippen molar-refractivity contribution >= 4 is 38.4 Å². The third kappa shape index (κ3) is 3.42. The molecule has 5 nitrogen and oxygen atoms in total. The minimum Gasteiger partial charge on any atom is -0.311 e. The van der Waals surface area contributed by atoms with E-state index in [0.717, 1.165) is 25.7 Å². The second-order valence-electron chi connectivity index (χ2n) is 5.62. The fraction of sp³-hybridized carbons (Fsp3) is 0.615. The molecule has 0 aromatic carbocycles. The zero-order valence-electron chi connectivity index (χ0n) is 11.7. The molecule has 2 unspecified atom stereocenters. The van der Waals surface area contributed by atoms with Crippen molar-refractivity contribution in [1.29, 1.82) is 0 Å². The lowest BCUT2D eigenvalue weighted by Gasteiger charge is -2.34. The topological polar surface area (TPSA) is 62.3 Å². The Balaban J connectivity index is 0.00000161. The van der Waals surface area contributed by atoms with Gasteiger partial charge < -0.3 is 5.32 Å².